The quantitative estimate of drug-likeness (QED) is 0.659. The van der Waals surface area contributed by atoms with Gasteiger partial charge in [0.1, 0.15) is 11.3 Å². The van der Waals surface area contributed by atoms with Crippen LogP contribution in [0.5, 0.6) is 5.75 Å². The SMILES string of the molecule is [2H]C([2H])(C1CCOCC1)N1CC2CC(Nc3nnc(-c4ccc5c(c4)OCC5)cc3C(F)(F)F)CC2C1. The number of hydrogen-bond donors (Lipinski definition) is 1. The number of nitrogens with one attached hydrogen (secondary N) is 1. The van der Waals surface area contributed by atoms with Crippen LogP contribution in [0.15, 0.2) is 24.3 Å². The van der Waals surface area contributed by atoms with Gasteiger partial charge in [0.15, 0.2) is 5.82 Å². The molecule has 35 heavy (non-hydrogen) atoms. The smallest absolute Gasteiger partial charge is 0.420 e. The summed E-state index contributed by atoms with van der Waals surface area (Å²) in [5.74, 6) is 0.894. The second-order valence-corrected chi connectivity index (χ2v) is 10.2. The lowest BCUT2D eigenvalue weighted by Gasteiger charge is -2.28. The maximum atomic E-state index is 14.0. The summed E-state index contributed by atoms with van der Waals surface area (Å²) >= 11 is 0. The summed E-state index contributed by atoms with van der Waals surface area (Å²) in [7, 11) is 0. The van der Waals surface area contributed by atoms with Gasteiger partial charge in [-0.15, -0.1) is 10.2 Å². The lowest BCUT2D eigenvalue weighted by molar-refractivity contribution is -0.137. The van der Waals surface area contributed by atoms with Gasteiger partial charge in [-0.2, -0.15) is 13.2 Å². The Balaban J connectivity index is 1.15. The number of alkyl halides is 3. The van der Waals surface area contributed by atoms with E-state index in [-0.39, 0.29) is 35.3 Å². The van der Waals surface area contributed by atoms with E-state index in [0.717, 1.165) is 30.9 Å². The highest BCUT2D eigenvalue weighted by Gasteiger charge is 2.43. The first kappa shape index (κ1) is 20.8. The second kappa shape index (κ2) is 9.24. The van der Waals surface area contributed by atoms with E-state index >= 15 is 0 Å². The summed E-state index contributed by atoms with van der Waals surface area (Å²) in [6.07, 6.45) is -0.973. The third-order valence-corrected chi connectivity index (χ3v) is 7.77. The molecule has 3 aliphatic heterocycles. The Bertz CT molecular complexity index is 1150. The fourth-order valence-corrected chi connectivity index (χ4v) is 5.98. The Morgan fingerprint density at radius 3 is 2.57 bits per heavy atom. The van der Waals surface area contributed by atoms with Crippen LogP contribution < -0.4 is 10.1 Å². The van der Waals surface area contributed by atoms with Gasteiger partial charge in [-0.05, 0) is 61.1 Å². The predicted octanol–water partition coefficient (Wildman–Crippen LogP) is 4.65. The van der Waals surface area contributed by atoms with Crippen LogP contribution in [0.2, 0.25) is 0 Å². The Kier molecular flexibility index (Phi) is 5.48. The fourth-order valence-electron chi connectivity index (χ4n) is 5.98. The number of anilines is 1. The number of hydrogen-bond acceptors (Lipinski definition) is 6. The normalized spacial score (nSPS) is 28.3. The molecule has 1 aliphatic carbocycles. The molecular weight excluding hydrogens is 457 g/mol. The predicted molar refractivity (Wildman–Crippen MR) is 125 cm³/mol. The van der Waals surface area contributed by atoms with Gasteiger partial charge >= 0.3 is 6.18 Å². The molecule has 1 N–H and O–H groups in total. The van der Waals surface area contributed by atoms with Crippen LogP contribution in [-0.4, -0.2) is 60.5 Å². The Hall–Kier alpha value is -2.39. The van der Waals surface area contributed by atoms with E-state index in [9.17, 15) is 13.2 Å². The monoisotopic (exact) mass is 490 g/mol. The molecule has 6 rings (SSSR count). The van der Waals surface area contributed by atoms with Crippen molar-refractivity contribution in [1.29, 1.82) is 0 Å². The Labute approximate surface area is 206 Å². The molecular formula is C26H31F3N4O2. The highest BCUT2D eigenvalue weighted by Crippen LogP contribution is 2.42. The number of likely N-dealkylation sites (tertiary alicyclic amines) is 1. The minimum atomic E-state index is -4.58. The van der Waals surface area contributed by atoms with Gasteiger partial charge in [0, 0.05) is 53.6 Å². The first-order valence-corrected chi connectivity index (χ1v) is 12.5. The summed E-state index contributed by atoms with van der Waals surface area (Å²) in [5.41, 5.74) is 0.913. The zero-order valence-corrected chi connectivity index (χ0v) is 19.5. The minimum Gasteiger partial charge on any atom is -0.493 e. The van der Waals surface area contributed by atoms with Crippen molar-refractivity contribution in [3.8, 4) is 17.0 Å². The second-order valence-electron chi connectivity index (χ2n) is 10.2. The van der Waals surface area contributed by atoms with Crippen molar-refractivity contribution in [2.24, 2.45) is 17.8 Å². The van der Waals surface area contributed by atoms with Gasteiger partial charge in [0.2, 0.25) is 0 Å². The standard InChI is InChI=1S/C26H31F3N4O2/c27-26(28,29)22-12-23(18-2-1-17-5-8-35-24(17)11-18)31-32-25(22)30-21-9-19-14-33(15-20(19)10-21)13-16-3-6-34-7-4-16/h1-2,11-12,16,19-21H,3-10,13-15H2,(H,30,32)/i13D2. The molecule has 1 saturated carbocycles. The third-order valence-electron chi connectivity index (χ3n) is 7.77. The number of aromatic nitrogens is 2. The van der Waals surface area contributed by atoms with Gasteiger partial charge in [-0.1, -0.05) is 12.1 Å². The number of halogens is 3. The zero-order valence-electron chi connectivity index (χ0n) is 21.5. The van der Waals surface area contributed by atoms with Gasteiger partial charge in [0.05, 0.1) is 12.3 Å². The van der Waals surface area contributed by atoms with Crippen LogP contribution in [0.4, 0.5) is 19.0 Å². The molecule has 9 heteroatoms. The van der Waals surface area contributed by atoms with Crippen LogP contribution in [0.3, 0.4) is 0 Å². The average Bonchev–Trinajstić information content (AvgIpc) is 3.59. The van der Waals surface area contributed by atoms with E-state index in [2.05, 4.69) is 15.5 Å². The summed E-state index contributed by atoms with van der Waals surface area (Å²) < 4.78 is 70.5. The highest BCUT2D eigenvalue weighted by atomic mass is 19.4. The molecule has 4 heterocycles. The molecule has 4 aliphatic rings. The van der Waals surface area contributed by atoms with Crippen molar-refractivity contribution < 1.29 is 25.4 Å². The molecule has 3 fully saturated rings. The van der Waals surface area contributed by atoms with Gasteiger partial charge in [-0.3, -0.25) is 0 Å². The molecule has 6 nitrogen and oxygen atoms in total. The maximum absolute atomic E-state index is 14.0. The molecule has 1 aromatic carbocycles. The average molecular weight is 491 g/mol. The van der Waals surface area contributed by atoms with Gasteiger partial charge in [-0.25, -0.2) is 0 Å². The molecule has 0 spiro atoms. The molecule has 1 aromatic heterocycles. The molecule has 0 amide bonds. The van der Waals surface area contributed by atoms with E-state index in [0.29, 0.717) is 57.1 Å². The first-order chi connectivity index (χ1) is 17.7. The summed E-state index contributed by atoms with van der Waals surface area (Å²) in [4.78, 5) is 1.95. The van der Waals surface area contributed by atoms with Crippen molar-refractivity contribution in [2.45, 2.75) is 44.3 Å². The topological polar surface area (TPSA) is 59.5 Å². The molecule has 188 valence electrons. The number of ether oxygens (including phenoxy) is 2. The van der Waals surface area contributed by atoms with Crippen LogP contribution in [-0.2, 0) is 17.3 Å². The molecule has 2 aromatic rings. The molecule has 2 atom stereocenters. The van der Waals surface area contributed by atoms with Crippen molar-refractivity contribution in [3.63, 3.8) is 0 Å². The Morgan fingerprint density at radius 2 is 1.83 bits per heavy atom. The summed E-state index contributed by atoms with van der Waals surface area (Å²) in [5, 5.41) is 11.1. The van der Waals surface area contributed by atoms with Crippen molar-refractivity contribution in [2.75, 3.05) is 44.7 Å². The van der Waals surface area contributed by atoms with Gasteiger partial charge in [0.25, 0.3) is 0 Å². The molecule has 0 radical (unpaired) electrons. The van der Waals surface area contributed by atoms with Crippen LogP contribution in [0.25, 0.3) is 11.3 Å². The van der Waals surface area contributed by atoms with Crippen LogP contribution >= 0.6 is 0 Å². The number of nitrogens with zero attached hydrogens (tertiary/aromatic N) is 3. The molecule has 2 unspecified atom stereocenters. The number of fused-ring (bicyclic) bond motifs is 2. The van der Waals surface area contributed by atoms with Crippen molar-refractivity contribution in [3.05, 3.63) is 35.4 Å². The van der Waals surface area contributed by atoms with E-state index in [1.807, 2.05) is 11.0 Å². The number of benzene rings is 1. The first-order valence-electron chi connectivity index (χ1n) is 13.5. The van der Waals surface area contributed by atoms with Crippen LogP contribution in [0, 0.1) is 17.8 Å². The Morgan fingerprint density at radius 1 is 1.06 bits per heavy atom. The number of rotatable bonds is 5. The van der Waals surface area contributed by atoms with Crippen LogP contribution in [0.1, 0.15) is 39.6 Å². The lowest BCUT2D eigenvalue weighted by atomic mass is 10.00. The van der Waals surface area contributed by atoms with E-state index in [4.69, 9.17) is 12.2 Å². The summed E-state index contributed by atoms with van der Waals surface area (Å²) in [6, 6.07) is 6.26. The van der Waals surface area contributed by atoms with E-state index in [1.54, 1.807) is 12.1 Å². The lowest BCUT2D eigenvalue weighted by Crippen LogP contribution is -2.32. The fraction of sp³-hybridized carbons (Fsp3) is 0.615. The maximum Gasteiger partial charge on any atom is 0.420 e. The van der Waals surface area contributed by atoms with Crippen molar-refractivity contribution >= 4 is 5.82 Å². The molecule has 0 bridgehead atoms. The highest BCUT2D eigenvalue weighted by molar-refractivity contribution is 5.65. The van der Waals surface area contributed by atoms with Crippen molar-refractivity contribution in [1.82, 2.24) is 15.1 Å². The van der Waals surface area contributed by atoms with E-state index < -0.39 is 18.2 Å². The van der Waals surface area contributed by atoms with E-state index in [1.165, 1.54) is 0 Å². The summed E-state index contributed by atoms with van der Waals surface area (Å²) in [6.45, 7) is 1.64. The zero-order chi connectivity index (χ0) is 25.8. The molecule has 2 saturated heterocycles. The largest absolute Gasteiger partial charge is 0.493 e. The van der Waals surface area contributed by atoms with Gasteiger partial charge < -0.3 is 19.7 Å². The minimum absolute atomic E-state index is 0.0469. The third kappa shape index (κ3) is 4.85.